The molecule has 5 aromatic rings. The number of aromatic nitrogens is 3. The molecular weight excluding hydrogens is 531 g/mol. The van der Waals surface area contributed by atoms with Gasteiger partial charge in [0.15, 0.2) is 5.65 Å². The van der Waals surface area contributed by atoms with Crippen molar-refractivity contribution in [3.05, 3.63) is 113 Å². The molecule has 0 aliphatic carbocycles. The van der Waals surface area contributed by atoms with Gasteiger partial charge in [-0.1, -0.05) is 90.5 Å². The van der Waals surface area contributed by atoms with Crippen LogP contribution in [0.25, 0.3) is 16.9 Å². The minimum atomic E-state index is -0.209. The molecule has 1 aliphatic rings. The van der Waals surface area contributed by atoms with Gasteiger partial charge in [0.1, 0.15) is 13.7 Å². The Kier molecular flexibility index (Phi) is 7.92. The van der Waals surface area contributed by atoms with E-state index in [9.17, 15) is 4.79 Å². The first-order valence-corrected chi connectivity index (χ1v) is 14.4. The Morgan fingerprint density at radius 1 is 1.00 bits per heavy atom. The minimum absolute atomic E-state index is 0.0394. The lowest BCUT2D eigenvalue weighted by Gasteiger charge is -2.34. The van der Waals surface area contributed by atoms with Gasteiger partial charge in [-0.2, -0.15) is 9.61 Å². The fourth-order valence-corrected chi connectivity index (χ4v) is 5.77. The fraction of sp³-hybridized carbons (Fsp3) is 0.219. The Morgan fingerprint density at radius 3 is 2.39 bits per heavy atom. The van der Waals surface area contributed by atoms with Crippen LogP contribution in [0, 0.1) is 5.92 Å². The zero-order chi connectivity index (χ0) is 28.2. The van der Waals surface area contributed by atoms with Gasteiger partial charge >= 0.3 is 6.03 Å². The van der Waals surface area contributed by atoms with Crippen LogP contribution < -0.4 is 16.1 Å². The molecule has 7 nitrogen and oxygen atoms in total. The number of fused-ring (bicyclic) bond motifs is 1. The number of anilines is 1. The van der Waals surface area contributed by atoms with Crippen LogP contribution in [0.15, 0.2) is 97.2 Å². The molecule has 41 heavy (non-hydrogen) atoms. The number of carbonyl (C=O) groups is 1. The maximum absolute atomic E-state index is 13.5. The topological polar surface area (TPSA) is 74.6 Å². The van der Waals surface area contributed by atoms with E-state index in [1.165, 1.54) is 0 Å². The van der Waals surface area contributed by atoms with Crippen LogP contribution >= 0.6 is 11.6 Å². The molecule has 2 aromatic heterocycles. The molecule has 0 spiro atoms. The number of likely N-dealkylation sites (tertiary alicyclic amines) is 1. The summed E-state index contributed by atoms with van der Waals surface area (Å²) in [5.74, 6) is 1.15. The van der Waals surface area contributed by atoms with Gasteiger partial charge in [-0.15, -0.1) is 0 Å². The first-order valence-electron chi connectivity index (χ1n) is 14.1. The SMILES string of the molecule is Bc1cnn2c(NCC3CCCN(C(=O)NC(c4ccccc4)c4ccccc4)C3)cc(-c3ccccc3Cl)nc12. The second kappa shape index (κ2) is 12.1. The second-order valence-corrected chi connectivity index (χ2v) is 11.0. The predicted molar refractivity (Wildman–Crippen MR) is 168 cm³/mol. The molecule has 2 N–H and O–H groups in total. The summed E-state index contributed by atoms with van der Waals surface area (Å²) in [5, 5.41) is 12.1. The van der Waals surface area contributed by atoms with Crippen molar-refractivity contribution in [2.45, 2.75) is 18.9 Å². The van der Waals surface area contributed by atoms with Gasteiger partial charge in [0, 0.05) is 42.5 Å². The third-order valence-electron chi connectivity index (χ3n) is 7.71. The molecule has 2 amide bonds. The number of hydrogen-bond acceptors (Lipinski definition) is 4. The number of rotatable bonds is 7. The first kappa shape index (κ1) is 26.9. The van der Waals surface area contributed by atoms with E-state index < -0.39 is 0 Å². The van der Waals surface area contributed by atoms with Crippen molar-refractivity contribution in [3.63, 3.8) is 0 Å². The zero-order valence-electron chi connectivity index (χ0n) is 23.0. The molecule has 3 aromatic carbocycles. The van der Waals surface area contributed by atoms with Crippen molar-refractivity contribution in [3.8, 4) is 11.3 Å². The quantitative estimate of drug-likeness (QED) is 0.276. The number of nitrogens with one attached hydrogen (secondary N) is 2. The molecule has 9 heteroatoms. The van der Waals surface area contributed by atoms with E-state index in [0.717, 1.165) is 58.7 Å². The van der Waals surface area contributed by atoms with Gasteiger partial charge in [-0.25, -0.2) is 9.78 Å². The Morgan fingerprint density at radius 2 is 1.68 bits per heavy atom. The molecule has 3 heterocycles. The van der Waals surface area contributed by atoms with Crippen LogP contribution in [-0.2, 0) is 0 Å². The van der Waals surface area contributed by atoms with Crippen molar-refractivity contribution in [1.82, 2.24) is 24.8 Å². The van der Waals surface area contributed by atoms with Crippen molar-refractivity contribution in [2.24, 2.45) is 5.92 Å². The predicted octanol–water partition coefficient (Wildman–Crippen LogP) is 4.93. The lowest BCUT2D eigenvalue weighted by atomic mass is 9.97. The van der Waals surface area contributed by atoms with Crippen molar-refractivity contribution in [1.29, 1.82) is 0 Å². The van der Waals surface area contributed by atoms with Crippen LogP contribution in [-0.4, -0.2) is 53.0 Å². The summed E-state index contributed by atoms with van der Waals surface area (Å²) in [6.07, 6.45) is 3.83. The average Bonchev–Trinajstić information content (AvgIpc) is 3.40. The number of nitrogens with zero attached hydrogens (tertiary/aromatic N) is 4. The zero-order valence-corrected chi connectivity index (χ0v) is 23.8. The van der Waals surface area contributed by atoms with E-state index in [1.54, 1.807) is 0 Å². The number of halogens is 1. The third kappa shape index (κ3) is 5.93. The number of benzene rings is 3. The molecule has 206 valence electrons. The van der Waals surface area contributed by atoms with Crippen LogP contribution in [0.3, 0.4) is 0 Å². The third-order valence-corrected chi connectivity index (χ3v) is 8.04. The van der Waals surface area contributed by atoms with Crippen molar-refractivity contribution in [2.75, 3.05) is 25.0 Å². The van der Waals surface area contributed by atoms with E-state index >= 15 is 0 Å². The highest BCUT2D eigenvalue weighted by atomic mass is 35.5. The standard InChI is InChI=1S/C32H32BClN6O/c33-26-20-36-40-29(18-28(37-31(26)40)25-15-7-8-16-27(25)34)35-19-22-10-9-17-39(21-22)32(41)38-30(23-11-3-1-4-12-23)24-13-5-2-6-14-24/h1-8,11-16,18,20,22,30,35H,9-10,17,19,21,33H2,(H,38,41). The molecule has 0 radical (unpaired) electrons. The molecule has 0 saturated carbocycles. The minimum Gasteiger partial charge on any atom is -0.370 e. The molecule has 1 aliphatic heterocycles. The summed E-state index contributed by atoms with van der Waals surface area (Å²) in [5.41, 5.74) is 5.59. The highest BCUT2D eigenvalue weighted by molar-refractivity contribution is 6.36. The first-order chi connectivity index (χ1) is 20.1. The van der Waals surface area contributed by atoms with Gasteiger partial charge in [-0.05, 0) is 41.4 Å². The van der Waals surface area contributed by atoms with E-state index in [1.807, 2.05) is 90.2 Å². The van der Waals surface area contributed by atoms with Crippen LogP contribution in [0.4, 0.5) is 10.6 Å². The summed E-state index contributed by atoms with van der Waals surface area (Å²) < 4.78 is 1.84. The summed E-state index contributed by atoms with van der Waals surface area (Å²) in [6, 6.07) is 29.7. The number of urea groups is 1. The van der Waals surface area contributed by atoms with Crippen LogP contribution in [0.2, 0.25) is 5.02 Å². The lowest BCUT2D eigenvalue weighted by molar-refractivity contribution is 0.166. The number of piperidine rings is 1. The monoisotopic (exact) mass is 562 g/mol. The summed E-state index contributed by atoms with van der Waals surface area (Å²) in [7, 11) is 2.01. The smallest absolute Gasteiger partial charge is 0.318 e. The highest BCUT2D eigenvalue weighted by Gasteiger charge is 2.26. The largest absolute Gasteiger partial charge is 0.370 e. The fourth-order valence-electron chi connectivity index (χ4n) is 5.54. The van der Waals surface area contributed by atoms with Gasteiger partial charge in [-0.3, -0.25) is 0 Å². The molecule has 1 fully saturated rings. The molecule has 0 bridgehead atoms. The van der Waals surface area contributed by atoms with Crippen molar-refractivity contribution < 1.29 is 4.79 Å². The average molecular weight is 563 g/mol. The van der Waals surface area contributed by atoms with Gasteiger partial charge < -0.3 is 15.5 Å². The van der Waals surface area contributed by atoms with Crippen LogP contribution in [0.5, 0.6) is 0 Å². The Labute approximate surface area is 246 Å². The van der Waals surface area contributed by atoms with E-state index in [-0.39, 0.29) is 12.1 Å². The van der Waals surface area contributed by atoms with Crippen LogP contribution in [0.1, 0.15) is 30.0 Å². The molecule has 1 unspecified atom stereocenters. The number of hydrogen-bond donors (Lipinski definition) is 2. The van der Waals surface area contributed by atoms with Gasteiger partial charge in [0.2, 0.25) is 0 Å². The maximum atomic E-state index is 13.5. The highest BCUT2D eigenvalue weighted by Crippen LogP contribution is 2.29. The number of amides is 2. The molecule has 1 saturated heterocycles. The molecule has 1 atom stereocenters. The maximum Gasteiger partial charge on any atom is 0.318 e. The van der Waals surface area contributed by atoms with Gasteiger partial charge in [0.05, 0.1) is 11.7 Å². The lowest BCUT2D eigenvalue weighted by Crippen LogP contribution is -2.47. The second-order valence-electron chi connectivity index (χ2n) is 10.6. The summed E-state index contributed by atoms with van der Waals surface area (Å²) >= 11 is 6.51. The van der Waals surface area contributed by atoms with Crippen molar-refractivity contribution >= 4 is 42.4 Å². The molecule has 6 rings (SSSR count). The Balaban J connectivity index is 1.17. The molecular formula is C32H32BClN6O. The van der Waals surface area contributed by atoms with E-state index in [4.69, 9.17) is 16.6 Å². The van der Waals surface area contributed by atoms with E-state index in [2.05, 4.69) is 40.0 Å². The number of carbonyl (C=O) groups excluding carboxylic acids is 1. The Bertz CT molecular complexity index is 1610. The van der Waals surface area contributed by atoms with E-state index in [0.29, 0.717) is 24.0 Å². The normalized spacial score (nSPS) is 15.3. The summed E-state index contributed by atoms with van der Waals surface area (Å²) in [4.78, 5) is 20.3. The summed E-state index contributed by atoms with van der Waals surface area (Å²) in [6.45, 7) is 2.14. The van der Waals surface area contributed by atoms with Gasteiger partial charge in [0.25, 0.3) is 0 Å². The Hall–Kier alpha value is -4.30.